The van der Waals surface area contributed by atoms with E-state index < -0.39 is 10.0 Å². The number of nitrogens with one attached hydrogen (secondary N) is 1. The minimum Gasteiger partial charge on any atom is -0.378 e. The number of aryl methyl sites for hydroxylation is 1. The van der Waals surface area contributed by atoms with Gasteiger partial charge in [-0.05, 0) is 48.6 Å². The molecule has 0 aromatic heterocycles. The lowest BCUT2D eigenvalue weighted by Crippen LogP contribution is -2.29. The molecule has 0 fully saturated rings. The topological polar surface area (TPSA) is 72.2 Å². The summed E-state index contributed by atoms with van der Waals surface area (Å²) in [5.74, 6) is 0.602. The minimum absolute atomic E-state index is 0.177. The number of nitrogens with two attached hydrogens (primary N) is 1. The van der Waals surface area contributed by atoms with Gasteiger partial charge in [0.2, 0.25) is 10.0 Å². The molecule has 0 amide bonds. The van der Waals surface area contributed by atoms with E-state index in [2.05, 4.69) is 48.7 Å². The van der Waals surface area contributed by atoms with E-state index in [-0.39, 0.29) is 16.9 Å². The number of rotatable bonds is 2. The minimum atomic E-state index is -3.69. The first-order valence-electron chi connectivity index (χ1n) is 8.10. The molecular weight excluding hydrogens is 320 g/mol. The third-order valence-corrected chi connectivity index (χ3v) is 6.01. The van der Waals surface area contributed by atoms with E-state index in [0.717, 1.165) is 17.7 Å². The summed E-state index contributed by atoms with van der Waals surface area (Å²) in [6, 6.07) is 14.0. The highest BCUT2D eigenvalue weighted by Gasteiger charge is 2.38. The zero-order valence-corrected chi connectivity index (χ0v) is 14.3. The predicted octanol–water partition coefficient (Wildman–Crippen LogP) is 3.47. The smallest absolute Gasteiger partial charge is 0.238 e. The van der Waals surface area contributed by atoms with Crippen LogP contribution in [-0.4, -0.2) is 8.42 Å². The Labute approximate surface area is 142 Å². The summed E-state index contributed by atoms with van der Waals surface area (Å²) in [5.41, 5.74) is 4.51. The molecule has 0 bridgehead atoms. The number of hydrogen-bond donors (Lipinski definition) is 2. The molecule has 5 heteroatoms. The fourth-order valence-corrected chi connectivity index (χ4v) is 4.40. The van der Waals surface area contributed by atoms with E-state index in [0.29, 0.717) is 5.92 Å². The van der Waals surface area contributed by atoms with Crippen LogP contribution in [0.25, 0.3) is 0 Å². The lowest BCUT2D eigenvalue weighted by molar-refractivity contribution is 0.425. The summed E-state index contributed by atoms with van der Waals surface area (Å²) in [4.78, 5) is 0.177. The molecule has 4 nitrogen and oxygen atoms in total. The standard InChI is InChI=1S/C19H20N2O2S/c1-12-5-7-13(8-6-12)19-16-4-2-3-15(16)17-11-14(24(20,22)23)9-10-18(17)21-19/h2-3,5-11,15-16,19,21H,4H2,1H3,(H2,20,22,23)/t15-,16+,19+/m1/s1. The van der Waals surface area contributed by atoms with Crippen molar-refractivity contribution in [2.45, 2.75) is 30.2 Å². The molecule has 0 spiro atoms. The number of sulfonamides is 1. The zero-order chi connectivity index (χ0) is 16.9. The van der Waals surface area contributed by atoms with Gasteiger partial charge >= 0.3 is 0 Å². The molecule has 3 atom stereocenters. The third-order valence-electron chi connectivity index (χ3n) is 5.10. The van der Waals surface area contributed by atoms with Crippen LogP contribution in [0.1, 0.15) is 35.1 Å². The van der Waals surface area contributed by atoms with Crippen LogP contribution in [0.2, 0.25) is 0 Å². The van der Waals surface area contributed by atoms with Crippen LogP contribution >= 0.6 is 0 Å². The van der Waals surface area contributed by atoms with Crippen molar-refractivity contribution in [3.63, 3.8) is 0 Å². The van der Waals surface area contributed by atoms with Crippen molar-refractivity contribution in [3.8, 4) is 0 Å². The van der Waals surface area contributed by atoms with Crippen LogP contribution in [0.5, 0.6) is 0 Å². The number of hydrogen-bond acceptors (Lipinski definition) is 3. The molecule has 24 heavy (non-hydrogen) atoms. The second kappa shape index (κ2) is 5.46. The molecule has 0 saturated carbocycles. The van der Waals surface area contributed by atoms with Crippen molar-refractivity contribution < 1.29 is 8.42 Å². The number of benzene rings is 2. The van der Waals surface area contributed by atoms with Crippen molar-refractivity contribution in [3.05, 3.63) is 71.3 Å². The van der Waals surface area contributed by atoms with Crippen molar-refractivity contribution in [2.24, 2.45) is 11.1 Å². The molecule has 0 radical (unpaired) electrons. The van der Waals surface area contributed by atoms with Gasteiger partial charge in [-0.3, -0.25) is 0 Å². The first-order chi connectivity index (χ1) is 11.4. The van der Waals surface area contributed by atoms with Crippen LogP contribution in [0.3, 0.4) is 0 Å². The van der Waals surface area contributed by atoms with E-state index in [1.54, 1.807) is 12.1 Å². The van der Waals surface area contributed by atoms with E-state index in [9.17, 15) is 8.42 Å². The monoisotopic (exact) mass is 340 g/mol. The van der Waals surface area contributed by atoms with Crippen molar-refractivity contribution in [1.82, 2.24) is 0 Å². The van der Waals surface area contributed by atoms with Crippen LogP contribution in [-0.2, 0) is 10.0 Å². The largest absolute Gasteiger partial charge is 0.378 e. The Morgan fingerprint density at radius 2 is 1.88 bits per heavy atom. The fourth-order valence-electron chi connectivity index (χ4n) is 3.85. The van der Waals surface area contributed by atoms with Crippen LogP contribution in [0.4, 0.5) is 5.69 Å². The van der Waals surface area contributed by atoms with Crippen LogP contribution < -0.4 is 10.5 Å². The van der Waals surface area contributed by atoms with Crippen molar-refractivity contribution >= 4 is 15.7 Å². The maximum absolute atomic E-state index is 11.7. The van der Waals surface area contributed by atoms with Gasteiger partial charge in [0.1, 0.15) is 0 Å². The zero-order valence-electron chi connectivity index (χ0n) is 13.4. The quantitative estimate of drug-likeness (QED) is 0.822. The van der Waals surface area contributed by atoms with Crippen molar-refractivity contribution in [2.75, 3.05) is 5.32 Å². The third kappa shape index (κ3) is 2.54. The van der Waals surface area contributed by atoms with Gasteiger partial charge in [0.25, 0.3) is 0 Å². The van der Waals surface area contributed by atoms with Crippen molar-refractivity contribution in [1.29, 1.82) is 0 Å². The Morgan fingerprint density at radius 1 is 1.12 bits per heavy atom. The Hall–Kier alpha value is -2.11. The molecule has 1 aliphatic carbocycles. The highest BCUT2D eigenvalue weighted by molar-refractivity contribution is 7.89. The van der Waals surface area contributed by atoms with E-state index in [1.807, 2.05) is 6.07 Å². The van der Waals surface area contributed by atoms with Gasteiger partial charge in [-0.15, -0.1) is 0 Å². The number of allylic oxidation sites excluding steroid dienone is 2. The van der Waals surface area contributed by atoms with Gasteiger partial charge < -0.3 is 5.32 Å². The SMILES string of the molecule is Cc1ccc([C@@H]2Nc3ccc(S(N)(=O)=O)cc3[C@@H]3C=CC[C@@H]32)cc1. The van der Waals surface area contributed by atoms with Crippen LogP contribution in [0, 0.1) is 12.8 Å². The molecule has 3 N–H and O–H groups in total. The molecule has 2 aromatic carbocycles. The Balaban J connectivity index is 1.79. The average Bonchev–Trinajstić information content (AvgIpc) is 3.03. The summed E-state index contributed by atoms with van der Waals surface area (Å²) in [6.45, 7) is 2.09. The summed E-state index contributed by atoms with van der Waals surface area (Å²) >= 11 is 0. The summed E-state index contributed by atoms with van der Waals surface area (Å²) < 4.78 is 23.3. The van der Waals surface area contributed by atoms with Crippen LogP contribution in [0.15, 0.2) is 59.5 Å². The van der Waals surface area contributed by atoms with E-state index in [1.165, 1.54) is 11.1 Å². The predicted molar refractivity (Wildman–Crippen MR) is 95.3 cm³/mol. The molecule has 0 saturated heterocycles. The molecule has 2 aliphatic rings. The lowest BCUT2D eigenvalue weighted by atomic mass is 9.77. The highest BCUT2D eigenvalue weighted by atomic mass is 32.2. The number of primary sulfonamides is 1. The Morgan fingerprint density at radius 3 is 2.58 bits per heavy atom. The molecule has 2 aromatic rings. The average molecular weight is 340 g/mol. The Kier molecular flexibility index (Phi) is 3.51. The normalized spacial score (nSPS) is 25.0. The van der Waals surface area contributed by atoms with Gasteiger partial charge in [-0.1, -0.05) is 42.0 Å². The Bertz CT molecular complexity index is 917. The first-order valence-corrected chi connectivity index (χ1v) is 9.64. The summed E-state index contributed by atoms with van der Waals surface area (Å²) in [5, 5.41) is 8.90. The molecule has 1 aliphatic heterocycles. The molecule has 124 valence electrons. The summed E-state index contributed by atoms with van der Waals surface area (Å²) in [6.07, 6.45) is 5.37. The second-order valence-electron chi connectivity index (χ2n) is 6.68. The van der Waals surface area contributed by atoms with E-state index in [4.69, 9.17) is 5.14 Å². The van der Waals surface area contributed by atoms with Gasteiger partial charge in [0, 0.05) is 11.6 Å². The molecule has 4 rings (SSSR count). The lowest BCUT2D eigenvalue weighted by Gasteiger charge is -2.37. The number of fused-ring (bicyclic) bond motifs is 3. The molecule has 1 heterocycles. The maximum Gasteiger partial charge on any atom is 0.238 e. The summed E-state index contributed by atoms with van der Waals surface area (Å²) in [7, 11) is -3.69. The van der Waals surface area contributed by atoms with Gasteiger partial charge in [0.15, 0.2) is 0 Å². The maximum atomic E-state index is 11.7. The molecular formula is C19H20N2O2S. The van der Waals surface area contributed by atoms with E-state index >= 15 is 0 Å². The van der Waals surface area contributed by atoms with Gasteiger partial charge in [-0.25, -0.2) is 13.6 Å². The van der Waals surface area contributed by atoms with Gasteiger partial charge in [0.05, 0.1) is 10.9 Å². The first kappa shape index (κ1) is 15.4. The molecule has 0 unspecified atom stereocenters. The second-order valence-corrected chi connectivity index (χ2v) is 8.24. The number of anilines is 1. The fraction of sp³-hybridized carbons (Fsp3) is 0.263. The van der Waals surface area contributed by atoms with Gasteiger partial charge in [-0.2, -0.15) is 0 Å². The highest BCUT2D eigenvalue weighted by Crippen LogP contribution is 2.50.